The van der Waals surface area contributed by atoms with Crippen molar-refractivity contribution in [3.8, 4) is 0 Å². The van der Waals surface area contributed by atoms with E-state index in [0.717, 1.165) is 17.0 Å². The van der Waals surface area contributed by atoms with Gasteiger partial charge in [0.05, 0.1) is 11.4 Å². The third-order valence-corrected chi connectivity index (χ3v) is 4.76. The fourth-order valence-electron chi connectivity index (χ4n) is 2.98. The number of rotatable bonds is 4. The number of aryl methyl sites for hydroxylation is 1. The molecule has 1 unspecified atom stereocenters. The molecule has 1 N–H and O–H groups in total. The molecule has 3 rings (SSSR count). The van der Waals surface area contributed by atoms with Crippen LogP contribution in [-0.2, 0) is 15.5 Å². The van der Waals surface area contributed by atoms with E-state index in [2.05, 4.69) is 26.3 Å². The van der Waals surface area contributed by atoms with E-state index in [1.807, 2.05) is 26.8 Å². The average Bonchev–Trinajstić information content (AvgIpc) is 2.96. The molecule has 30 heavy (non-hydrogen) atoms. The summed E-state index contributed by atoms with van der Waals surface area (Å²) in [6, 6.07) is 10.8. The molecule has 1 atom stereocenters. The second-order valence-corrected chi connectivity index (χ2v) is 7.69. The molecule has 8 heteroatoms. The van der Waals surface area contributed by atoms with Crippen molar-refractivity contribution >= 4 is 44.8 Å². The first-order chi connectivity index (χ1) is 14.1. The number of hydrogen-bond acceptors (Lipinski definition) is 3. The van der Waals surface area contributed by atoms with Crippen LogP contribution in [0.1, 0.15) is 38.8 Å². The van der Waals surface area contributed by atoms with Crippen LogP contribution >= 0.6 is 15.9 Å². The zero-order valence-corrected chi connectivity index (χ0v) is 19.0. The van der Waals surface area contributed by atoms with E-state index in [4.69, 9.17) is 0 Å². The van der Waals surface area contributed by atoms with E-state index in [0.29, 0.717) is 11.4 Å². The largest absolute Gasteiger partial charge is 0.325 e. The summed E-state index contributed by atoms with van der Waals surface area (Å²) >= 11 is 3.38. The summed E-state index contributed by atoms with van der Waals surface area (Å²) < 4.78 is 27.8. The standard InChI is InChI=1S/C20H18BrF2N3O2.C2H6/c1-11-7-14(21)10-16(8-11)26-19(28)17(12(2)25-26)18(27)24-15-6-4-5-13(9-15)20(3,22)23;1-2/h4-10,17H,1-3H3,(H,24,27);1-2H3. The molecule has 0 aliphatic carbocycles. The molecule has 0 saturated heterocycles. The Morgan fingerprint density at radius 3 is 2.43 bits per heavy atom. The Bertz CT molecular complexity index is 966. The molecular formula is C22H24BrF2N3O2. The van der Waals surface area contributed by atoms with E-state index in [1.54, 1.807) is 19.1 Å². The second-order valence-electron chi connectivity index (χ2n) is 6.77. The molecule has 0 aromatic heterocycles. The first kappa shape index (κ1) is 23.7. The summed E-state index contributed by atoms with van der Waals surface area (Å²) in [7, 11) is 0. The molecule has 2 aromatic rings. The van der Waals surface area contributed by atoms with Gasteiger partial charge in [-0.15, -0.1) is 0 Å². The van der Waals surface area contributed by atoms with Gasteiger partial charge in [-0.05, 0) is 49.7 Å². The van der Waals surface area contributed by atoms with Crippen molar-refractivity contribution < 1.29 is 18.4 Å². The Balaban J connectivity index is 0.00000155. The Morgan fingerprint density at radius 2 is 1.83 bits per heavy atom. The topological polar surface area (TPSA) is 61.8 Å². The molecule has 0 radical (unpaired) electrons. The van der Waals surface area contributed by atoms with Crippen LogP contribution in [0, 0.1) is 12.8 Å². The highest BCUT2D eigenvalue weighted by atomic mass is 79.9. The van der Waals surface area contributed by atoms with Gasteiger partial charge in [0.25, 0.3) is 11.8 Å². The van der Waals surface area contributed by atoms with Gasteiger partial charge in [0.2, 0.25) is 5.91 Å². The SMILES string of the molecule is CC.CC1=NN(c2cc(C)cc(Br)c2)C(=O)C1C(=O)Nc1cccc(C(C)(F)F)c1. The van der Waals surface area contributed by atoms with Gasteiger partial charge in [-0.2, -0.15) is 10.1 Å². The Labute approximate surface area is 183 Å². The van der Waals surface area contributed by atoms with E-state index < -0.39 is 23.7 Å². The minimum atomic E-state index is -3.03. The lowest BCUT2D eigenvalue weighted by Crippen LogP contribution is -2.36. The Morgan fingerprint density at radius 1 is 1.17 bits per heavy atom. The van der Waals surface area contributed by atoms with E-state index in [-0.39, 0.29) is 11.3 Å². The molecule has 2 amide bonds. The lowest BCUT2D eigenvalue weighted by atomic mass is 10.0. The van der Waals surface area contributed by atoms with E-state index >= 15 is 0 Å². The van der Waals surface area contributed by atoms with Crippen LogP contribution in [0.4, 0.5) is 20.2 Å². The number of nitrogens with zero attached hydrogens (tertiary/aromatic N) is 2. The number of alkyl halides is 2. The lowest BCUT2D eigenvalue weighted by Gasteiger charge is -2.16. The summed E-state index contributed by atoms with van der Waals surface area (Å²) in [5.41, 5.74) is 1.77. The fraction of sp³-hybridized carbons (Fsp3) is 0.318. The Kier molecular flexibility index (Phi) is 7.47. The number of anilines is 2. The summed E-state index contributed by atoms with van der Waals surface area (Å²) in [5, 5.41) is 7.95. The number of carbonyl (C=O) groups excluding carboxylic acids is 2. The van der Waals surface area contributed by atoms with Gasteiger partial charge in [0.15, 0.2) is 5.92 Å². The summed E-state index contributed by atoms with van der Waals surface area (Å²) in [5.74, 6) is -5.26. The van der Waals surface area contributed by atoms with Gasteiger partial charge in [-0.25, -0.2) is 8.78 Å². The van der Waals surface area contributed by atoms with Gasteiger partial charge >= 0.3 is 0 Å². The van der Waals surface area contributed by atoms with E-state index in [1.165, 1.54) is 29.3 Å². The normalized spacial score (nSPS) is 16.0. The van der Waals surface area contributed by atoms with Crippen molar-refractivity contribution in [3.05, 3.63) is 58.1 Å². The Hall–Kier alpha value is -2.61. The first-order valence-electron chi connectivity index (χ1n) is 9.52. The molecule has 2 aromatic carbocycles. The quantitative estimate of drug-likeness (QED) is 0.557. The summed E-state index contributed by atoms with van der Waals surface area (Å²) in [4.78, 5) is 25.5. The van der Waals surface area contributed by atoms with Crippen LogP contribution < -0.4 is 10.3 Å². The predicted octanol–water partition coefficient (Wildman–Crippen LogP) is 5.87. The van der Waals surface area contributed by atoms with Gasteiger partial charge in [0.1, 0.15) is 0 Å². The predicted molar refractivity (Wildman–Crippen MR) is 119 cm³/mol. The highest BCUT2D eigenvalue weighted by molar-refractivity contribution is 9.10. The van der Waals surface area contributed by atoms with Gasteiger partial charge in [0, 0.05) is 22.6 Å². The number of benzene rings is 2. The van der Waals surface area contributed by atoms with Gasteiger partial charge in [-0.1, -0.05) is 41.9 Å². The highest BCUT2D eigenvalue weighted by Gasteiger charge is 2.40. The monoisotopic (exact) mass is 479 g/mol. The van der Waals surface area contributed by atoms with Crippen LogP contribution in [0.2, 0.25) is 0 Å². The highest BCUT2D eigenvalue weighted by Crippen LogP contribution is 2.30. The first-order valence-corrected chi connectivity index (χ1v) is 10.3. The van der Waals surface area contributed by atoms with Crippen molar-refractivity contribution in [3.63, 3.8) is 0 Å². The maximum atomic E-state index is 13.5. The number of amides is 2. The molecule has 5 nitrogen and oxygen atoms in total. The summed E-state index contributed by atoms with van der Waals surface area (Å²) in [6.45, 7) is 8.25. The maximum Gasteiger partial charge on any atom is 0.270 e. The molecule has 0 saturated carbocycles. The van der Waals surface area contributed by atoms with Crippen molar-refractivity contribution in [1.82, 2.24) is 0 Å². The van der Waals surface area contributed by atoms with Crippen LogP contribution in [0.3, 0.4) is 0 Å². The molecular weight excluding hydrogens is 456 g/mol. The van der Waals surface area contributed by atoms with Crippen LogP contribution in [0.5, 0.6) is 0 Å². The van der Waals surface area contributed by atoms with Crippen LogP contribution in [-0.4, -0.2) is 17.5 Å². The molecule has 160 valence electrons. The van der Waals surface area contributed by atoms with Crippen LogP contribution in [0.15, 0.2) is 52.0 Å². The maximum absolute atomic E-state index is 13.5. The molecule has 1 aliphatic heterocycles. The van der Waals surface area contributed by atoms with Gasteiger partial charge < -0.3 is 5.32 Å². The zero-order chi connectivity index (χ0) is 22.6. The molecule has 1 aliphatic rings. The van der Waals surface area contributed by atoms with E-state index in [9.17, 15) is 18.4 Å². The average molecular weight is 480 g/mol. The number of nitrogens with one attached hydrogen (secondary N) is 1. The molecule has 0 bridgehead atoms. The minimum Gasteiger partial charge on any atom is -0.325 e. The van der Waals surface area contributed by atoms with Crippen molar-refractivity contribution in [1.29, 1.82) is 0 Å². The third-order valence-electron chi connectivity index (χ3n) is 4.30. The summed E-state index contributed by atoms with van der Waals surface area (Å²) in [6.07, 6.45) is 0. The number of hydrogen-bond donors (Lipinski definition) is 1. The fourth-order valence-corrected chi connectivity index (χ4v) is 3.57. The number of halogens is 3. The van der Waals surface area contributed by atoms with Crippen molar-refractivity contribution in [2.75, 3.05) is 10.3 Å². The zero-order valence-electron chi connectivity index (χ0n) is 17.5. The van der Waals surface area contributed by atoms with Crippen molar-refractivity contribution in [2.45, 2.75) is 40.5 Å². The molecule has 0 fully saturated rings. The molecule has 1 heterocycles. The molecule has 0 spiro atoms. The van der Waals surface area contributed by atoms with Gasteiger partial charge in [-0.3, -0.25) is 9.59 Å². The minimum absolute atomic E-state index is 0.196. The third kappa shape index (κ3) is 5.30. The lowest BCUT2D eigenvalue weighted by molar-refractivity contribution is -0.127. The number of carbonyl (C=O) groups is 2. The van der Waals surface area contributed by atoms with Crippen molar-refractivity contribution in [2.24, 2.45) is 11.0 Å². The number of hydrazone groups is 1. The smallest absolute Gasteiger partial charge is 0.270 e. The second kappa shape index (κ2) is 9.47. The van der Waals surface area contributed by atoms with Crippen LogP contribution in [0.25, 0.3) is 0 Å².